The van der Waals surface area contributed by atoms with E-state index in [-0.39, 0.29) is 18.2 Å². The molecule has 1 atom stereocenters. The van der Waals surface area contributed by atoms with Gasteiger partial charge in [-0.25, -0.2) is 4.68 Å². The summed E-state index contributed by atoms with van der Waals surface area (Å²) in [5.74, 6) is -0.514. The maximum atomic E-state index is 13.1. The van der Waals surface area contributed by atoms with Crippen molar-refractivity contribution in [1.82, 2.24) is 14.7 Å². The summed E-state index contributed by atoms with van der Waals surface area (Å²) < 4.78 is 1.81. The monoisotopic (exact) mass is 355 g/mol. The van der Waals surface area contributed by atoms with Crippen molar-refractivity contribution < 1.29 is 14.7 Å². The Hall–Kier alpha value is -2.63. The molecule has 0 spiro atoms. The summed E-state index contributed by atoms with van der Waals surface area (Å²) >= 11 is 0. The number of nitrogens with zero attached hydrogens (tertiary/aromatic N) is 3. The molecule has 3 rings (SSSR count). The zero-order valence-corrected chi connectivity index (χ0v) is 15.3. The van der Waals surface area contributed by atoms with Gasteiger partial charge < -0.3 is 10.0 Å². The maximum absolute atomic E-state index is 13.1. The average molecular weight is 355 g/mol. The highest BCUT2D eigenvalue weighted by Gasteiger charge is 2.28. The van der Waals surface area contributed by atoms with Crippen molar-refractivity contribution in [3.05, 3.63) is 47.3 Å². The molecule has 1 amide bonds. The molecule has 138 valence electrons. The second-order valence-corrected chi connectivity index (χ2v) is 6.99. The lowest BCUT2D eigenvalue weighted by atomic mass is 9.93. The predicted molar refractivity (Wildman–Crippen MR) is 98.5 cm³/mol. The van der Waals surface area contributed by atoms with Crippen LogP contribution in [0.25, 0.3) is 5.69 Å². The summed E-state index contributed by atoms with van der Waals surface area (Å²) in [4.78, 5) is 25.8. The van der Waals surface area contributed by atoms with E-state index in [1.54, 1.807) is 0 Å². The standard InChI is InChI=1S/C20H25N3O3/c1-14-19(15(2)23(21-14)17-8-4-3-5-9-17)20(26)22-12-6-7-16(13-22)10-11-18(24)25/h3-5,8-9,16H,6-7,10-13H2,1-2H3,(H,24,25). The van der Waals surface area contributed by atoms with Crippen molar-refractivity contribution in [2.75, 3.05) is 13.1 Å². The van der Waals surface area contributed by atoms with Gasteiger partial charge in [0.15, 0.2) is 0 Å². The molecule has 0 bridgehead atoms. The van der Waals surface area contributed by atoms with E-state index in [2.05, 4.69) is 5.10 Å². The van der Waals surface area contributed by atoms with Crippen LogP contribution < -0.4 is 0 Å². The van der Waals surface area contributed by atoms with E-state index in [9.17, 15) is 9.59 Å². The molecule has 2 aromatic rings. The van der Waals surface area contributed by atoms with Crippen LogP contribution in [0.1, 0.15) is 47.4 Å². The van der Waals surface area contributed by atoms with Gasteiger partial charge in [-0.1, -0.05) is 18.2 Å². The van der Waals surface area contributed by atoms with Crippen molar-refractivity contribution in [1.29, 1.82) is 0 Å². The van der Waals surface area contributed by atoms with Gasteiger partial charge in [0.25, 0.3) is 5.91 Å². The summed E-state index contributed by atoms with van der Waals surface area (Å²) in [6.07, 6.45) is 2.69. The SMILES string of the molecule is Cc1nn(-c2ccccc2)c(C)c1C(=O)N1CCCC(CCC(=O)O)C1. The molecule has 1 aliphatic rings. The molecule has 0 radical (unpaired) electrons. The van der Waals surface area contributed by atoms with Gasteiger partial charge in [-0.2, -0.15) is 5.10 Å². The Bertz CT molecular complexity index is 798. The normalized spacial score (nSPS) is 17.3. The van der Waals surface area contributed by atoms with Crippen molar-refractivity contribution >= 4 is 11.9 Å². The number of hydrogen-bond acceptors (Lipinski definition) is 3. The maximum Gasteiger partial charge on any atom is 0.303 e. The number of carboxylic acids is 1. The fraction of sp³-hybridized carbons (Fsp3) is 0.450. The minimum absolute atomic E-state index is 0.00204. The number of aryl methyl sites for hydroxylation is 1. The number of aliphatic carboxylic acids is 1. The first-order valence-electron chi connectivity index (χ1n) is 9.10. The lowest BCUT2D eigenvalue weighted by Crippen LogP contribution is -2.40. The first kappa shape index (κ1) is 18.2. The average Bonchev–Trinajstić information content (AvgIpc) is 2.94. The van der Waals surface area contributed by atoms with Crippen LogP contribution in [-0.2, 0) is 4.79 Å². The van der Waals surface area contributed by atoms with Crippen LogP contribution in [0.15, 0.2) is 30.3 Å². The van der Waals surface area contributed by atoms with Crippen molar-refractivity contribution in [2.24, 2.45) is 5.92 Å². The first-order valence-corrected chi connectivity index (χ1v) is 9.10. The second kappa shape index (κ2) is 7.72. The van der Waals surface area contributed by atoms with E-state index in [0.29, 0.717) is 18.5 Å². The summed E-state index contributed by atoms with van der Waals surface area (Å²) in [5, 5.41) is 13.5. The molecule has 26 heavy (non-hydrogen) atoms. The topological polar surface area (TPSA) is 75.4 Å². The van der Waals surface area contributed by atoms with E-state index < -0.39 is 5.97 Å². The van der Waals surface area contributed by atoms with Gasteiger partial charge in [0, 0.05) is 19.5 Å². The molecule has 2 heterocycles. The molecule has 1 unspecified atom stereocenters. The minimum atomic E-state index is -0.774. The van der Waals surface area contributed by atoms with Gasteiger partial charge in [0.05, 0.1) is 22.6 Å². The van der Waals surface area contributed by atoms with Gasteiger partial charge in [-0.05, 0) is 51.2 Å². The van der Waals surface area contributed by atoms with Crippen LogP contribution >= 0.6 is 0 Å². The van der Waals surface area contributed by atoms with Crippen molar-refractivity contribution in [3.8, 4) is 5.69 Å². The fourth-order valence-corrected chi connectivity index (χ4v) is 3.74. The molecular formula is C20H25N3O3. The van der Waals surface area contributed by atoms with Crippen LogP contribution in [-0.4, -0.2) is 44.8 Å². The second-order valence-electron chi connectivity index (χ2n) is 6.99. The molecular weight excluding hydrogens is 330 g/mol. The smallest absolute Gasteiger partial charge is 0.303 e. The van der Waals surface area contributed by atoms with Crippen molar-refractivity contribution in [3.63, 3.8) is 0 Å². The van der Waals surface area contributed by atoms with Gasteiger partial charge in [-0.3, -0.25) is 9.59 Å². The molecule has 1 aromatic heterocycles. The Kier molecular flexibility index (Phi) is 5.40. The lowest BCUT2D eigenvalue weighted by Gasteiger charge is -2.32. The van der Waals surface area contributed by atoms with Crippen LogP contribution in [0, 0.1) is 19.8 Å². The number of rotatable bonds is 5. The van der Waals surface area contributed by atoms with Crippen molar-refractivity contribution in [2.45, 2.75) is 39.5 Å². The van der Waals surface area contributed by atoms with E-state index in [1.807, 2.05) is 53.8 Å². The third-order valence-corrected chi connectivity index (χ3v) is 5.08. The van der Waals surface area contributed by atoms with Crippen LogP contribution in [0.3, 0.4) is 0 Å². The number of amides is 1. The number of carbonyl (C=O) groups excluding carboxylic acids is 1. The molecule has 1 aliphatic heterocycles. The van der Waals surface area contributed by atoms with Gasteiger partial charge in [0.2, 0.25) is 0 Å². The first-order chi connectivity index (χ1) is 12.5. The highest BCUT2D eigenvalue weighted by molar-refractivity contribution is 5.96. The van der Waals surface area contributed by atoms with E-state index in [0.717, 1.165) is 36.5 Å². The Morgan fingerprint density at radius 1 is 1.23 bits per heavy atom. The Morgan fingerprint density at radius 3 is 2.65 bits per heavy atom. The number of piperidine rings is 1. The highest BCUT2D eigenvalue weighted by Crippen LogP contribution is 2.25. The molecule has 1 N–H and O–H groups in total. The zero-order valence-electron chi connectivity index (χ0n) is 15.3. The van der Waals surface area contributed by atoms with Gasteiger partial charge in [-0.15, -0.1) is 0 Å². The summed E-state index contributed by atoms with van der Waals surface area (Å²) in [6.45, 7) is 5.14. The molecule has 6 nitrogen and oxygen atoms in total. The quantitative estimate of drug-likeness (QED) is 0.894. The van der Waals surface area contributed by atoms with Crippen LogP contribution in [0.2, 0.25) is 0 Å². The molecule has 1 saturated heterocycles. The molecule has 1 fully saturated rings. The third-order valence-electron chi connectivity index (χ3n) is 5.08. The summed E-state index contributed by atoms with van der Waals surface area (Å²) in [6, 6.07) is 9.79. The number of carboxylic acid groups (broad SMARTS) is 1. The Morgan fingerprint density at radius 2 is 1.96 bits per heavy atom. The minimum Gasteiger partial charge on any atom is -0.481 e. The molecule has 1 aromatic carbocycles. The van der Waals surface area contributed by atoms with E-state index in [1.165, 1.54) is 0 Å². The third kappa shape index (κ3) is 3.79. The van der Waals surface area contributed by atoms with E-state index >= 15 is 0 Å². The number of aromatic nitrogens is 2. The summed E-state index contributed by atoms with van der Waals surface area (Å²) in [7, 11) is 0. The van der Waals surface area contributed by atoms with Gasteiger partial charge >= 0.3 is 5.97 Å². The zero-order chi connectivity index (χ0) is 18.7. The van der Waals surface area contributed by atoms with Crippen LogP contribution in [0.4, 0.5) is 0 Å². The summed E-state index contributed by atoms with van der Waals surface area (Å²) in [5.41, 5.74) is 3.16. The van der Waals surface area contributed by atoms with Crippen LogP contribution in [0.5, 0.6) is 0 Å². The predicted octanol–water partition coefficient (Wildman–Crippen LogP) is 3.21. The van der Waals surface area contributed by atoms with Gasteiger partial charge in [0.1, 0.15) is 0 Å². The molecule has 6 heteroatoms. The molecule has 0 aliphatic carbocycles. The lowest BCUT2D eigenvalue weighted by molar-refractivity contribution is -0.137. The van der Waals surface area contributed by atoms with E-state index in [4.69, 9.17) is 5.11 Å². The number of hydrogen-bond donors (Lipinski definition) is 1. The highest BCUT2D eigenvalue weighted by atomic mass is 16.4. The number of likely N-dealkylation sites (tertiary alicyclic amines) is 1. The largest absolute Gasteiger partial charge is 0.481 e. The molecule has 0 saturated carbocycles. The Labute approximate surface area is 153 Å². The Balaban J connectivity index is 1.79. The fourth-order valence-electron chi connectivity index (χ4n) is 3.74. The number of carbonyl (C=O) groups is 2. The number of benzene rings is 1. The number of para-hydroxylation sites is 1.